The van der Waals surface area contributed by atoms with Crippen LogP contribution in [0.5, 0.6) is 0 Å². The van der Waals surface area contributed by atoms with E-state index >= 15 is 0 Å². The standard InChI is InChI=1S/C33H55N3O6/c1-10-22(4)30(35(7)28(37)19-21(2)3)27(41-8)20-29(38)36-18-14-17-26(36)32(42-9)23(5)33(40)34-24(6)31(39)25-15-12-11-13-16-25/h11-13,15-16,21-24,26-27,30-32,39H,10,14,17-20H2,1-9H3,(H,34,40)/t22-,23+,24+,26-,27?,30-,31?,32?/m0/s1. The number of carbonyl (C=O) groups excluding carboxylic acids is 3. The van der Waals surface area contributed by atoms with Crippen molar-refractivity contribution in [2.75, 3.05) is 27.8 Å². The largest absolute Gasteiger partial charge is 0.386 e. The number of benzene rings is 1. The molecule has 0 aromatic heterocycles. The second-order valence-electron chi connectivity index (χ2n) is 12.4. The Morgan fingerprint density at radius 2 is 1.69 bits per heavy atom. The van der Waals surface area contributed by atoms with Crippen molar-refractivity contribution in [3.8, 4) is 0 Å². The van der Waals surface area contributed by atoms with E-state index in [0.717, 1.165) is 24.8 Å². The Kier molecular flexibility index (Phi) is 14.4. The molecule has 1 aromatic carbocycles. The minimum absolute atomic E-state index is 0.0507. The summed E-state index contributed by atoms with van der Waals surface area (Å²) in [6, 6.07) is 8.22. The Morgan fingerprint density at radius 3 is 2.24 bits per heavy atom. The molecule has 0 aliphatic carbocycles. The highest BCUT2D eigenvalue weighted by atomic mass is 16.5. The van der Waals surface area contributed by atoms with Crippen molar-refractivity contribution in [2.24, 2.45) is 17.8 Å². The molecule has 9 heteroatoms. The highest BCUT2D eigenvalue weighted by molar-refractivity contribution is 5.81. The number of nitrogens with zero attached hydrogens (tertiary/aromatic N) is 2. The molecular weight excluding hydrogens is 534 g/mol. The number of rotatable bonds is 16. The summed E-state index contributed by atoms with van der Waals surface area (Å²) in [5.74, 6) is -0.424. The first kappa shape index (κ1) is 35.7. The van der Waals surface area contributed by atoms with E-state index in [1.54, 1.807) is 33.0 Å². The first-order chi connectivity index (χ1) is 19.9. The van der Waals surface area contributed by atoms with Gasteiger partial charge in [-0.3, -0.25) is 14.4 Å². The van der Waals surface area contributed by atoms with Crippen molar-refractivity contribution in [2.45, 2.75) is 110 Å². The Balaban J connectivity index is 2.15. The van der Waals surface area contributed by atoms with Crippen LogP contribution in [0.15, 0.2) is 30.3 Å². The second kappa shape index (κ2) is 17.0. The molecule has 1 saturated heterocycles. The van der Waals surface area contributed by atoms with Gasteiger partial charge in [0.25, 0.3) is 0 Å². The first-order valence-corrected chi connectivity index (χ1v) is 15.5. The highest BCUT2D eigenvalue weighted by Crippen LogP contribution is 2.30. The molecule has 2 N–H and O–H groups in total. The Bertz CT molecular complexity index is 989. The zero-order chi connectivity index (χ0) is 31.6. The fourth-order valence-corrected chi connectivity index (χ4v) is 6.19. The molecule has 9 nitrogen and oxygen atoms in total. The van der Waals surface area contributed by atoms with Crippen molar-refractivity contribution in [3.05, 3.63) is 35.9 Å². The van der Waals surface area contributed by atoms with Gasteiger partial charge in [-0.1, -0.05) is 71.4 Å². The van der Waals surface area contributed by atoms with E-state index in [1.165, 1.54) is 0 Å². The highest BCUT2D eigenvalue weighted by Gasteiger charge is 2.42. The maximum Gasteiger partial charge on any atom is 0.225 e. The molecule has 0 bridgehead atoms. The lowest BCUT2D eigenvalue weighted by molar-refractivity contribution is -0.146. The lowest BCUT2D eigenvalue weighted by Crippen LogP contribution is -2.53. The van der Waals surface area contributed by atoms with Crippen LogP contribution in [0.1, 0.15) is 85.3 Å². The minimum Gasteiger partial charge on any atom is -0.386 e. The summed E-state index contributed by atoms with van der Waals surface area (Å²) >= 11 is 0. The Hall–Kier alpha value is -2.49. The first-order valence-electron chi connectivity index (χ1n) is 15.5. The molecule has 1 fully saturated rings. The van der Waals surface area contributed by atoms with Crippen LogP contribution in [0.25, 0.3) is 0 Å². The Morgan fingerprint density at radius 1 is 1.05 bits per heavy atom. The van der Waals surface area contributed by atoms with Gasteiger partial charge in [-0.05, 0) is 37.2 Å². The molecular formula is C33H55N3O6. The van der Waals surface area contributed by atoms with E-state index in [2.05, 4.69) is 19.2 Å². The molecule has 1 aromatic rings. The normalized spacial score (nSPS) is 20.4. The summed E-state index contributed by atoms with van der Waals surface area (Å²) in [7, 11) is 4.99. The van der Waals surface area contributed by atoms with Crippen molar-refractivity contribution in [3.63, 3.8) is 0 Å². The summed E-state index contributed by atoms with van der Waals surface area (Å²) in [4.78, 5) is 43.7. The molecule has 0 radical (unpaired) electrons. The van der Waals surface area contributed by atoms with E-state index in [1.807, 2.05) is 56.1 Å². The SMILES string of the molecule is CC[C@H](C)[C@@H](C(CC(=O)N1CCC[C@H]1C(OC)[C@@H](C)C(=O)N[C@H](C)C(O)c1ccccc1)OC)N(C)C(=O)CC(C)C. The number of likely N-dealkylation sites (tertiary alicyclic amines) is 1. The predicted octanol–water partition coefficient (Wildman–Crippen LogP) is 4.19. The van der Waals surface area contributed by atoms with Crippen molar-refractivity contribution in [1.29, 1.82) is 0 Å². The van der Waals surface area contributed by atoms with Gasteiger partial charge in [-0.25, -0.2) is 0 Å². The van der Waals surface area contributed by atoms with Gasteiger partial charge < -0.3 is 29.7 Å². The van der Waals surface area contributed by atoms with Crippen molar-refractivity contribution >= 4 is 17.7 Å². The second-order valence-corrected chi connectivity index (χ2v) is 12.4. The number of ether oxygens (including phenoxy) is 2. The van der Waals surface area contributed by atoms with Crippen LogP contribution >= 0.6 is 0 Å². The molecule has 238 valence electrons. The molecule has 8 atom stereocenters. The fraction of sp³-hybridized carbons (Fsp3) is 0.727. The zero-order valence-corrected chi connectivity index (χ0v) is 27.2. The van der Waals surface area contributed by atoms with Crippen LogP contribution < -0.4 is 5.32 Å². The number of methoxy groups -OCH3 is 2. The van der Waals surface area contributed by atoms with Gasteiger partial charge in [0.05, 0.1) is 48.8 Å². The lowest BCUT2D eigenvalue weighted by Gasteiger charge is -2.39. The number of aliphatic hydroxyl groups excluding tert-OH is 1. The molecule has 0 saturated carbocycles. The monoisotopic (exact) mass is 589 g/mol. The number of hydrogen-bond acceptors (Lipinski definition) is 6. The summed E-state index contributed by atoms with van der Waals surface area (Å²) in [6.45, 7) is 12.4. The van der Waals surface area contributed by atoms with Crippen molar-refractivity contribution in [1.82, 2.24) is 15.1 Å². The number of carbonyl (C=O) groups is 3. The molecule has 3 unspecified atom stereocenters. The van der Waals surface area contributed by atoms with E-state index < -0.39 is 30.3 Å². The van der Waals surface area contributed by atoms with E-state index in [9.17, 15) is 19.5 Å². The third kappa shape index (κ3) is 9.25. The van der Waals surface area contributed by atoms with Gasteiger partial charge in [0.1, 0.15) is 0 Å². The third-order valence-corrected chi connectivity index (χ3v) is 8.87. The van der Waals surface area contributed by atoms with Gasteiger partial charge >= 0.3 is 0 Å². The number of hydrogen-bond donors (Lipinski definition) is 2. The van der Waals surface area contributed by atoms with E-state index in [0.29, 0.717) is 13.0 Å². The van der Waals surface area contributed by atoms with Crippen LogP contribution in [-0.4, -0.2) is 90.8 Å². The number of amides is 3. The topological polar surface area (TPSA) is 108 Å². The lowest BCUT2D eigenvalue weighted by atomic mass is 9.90. The average Bonchev–Trinajstić information content (AvgIpc) is 3.46. The minimum atomic E-state index is -0.845. The van der Waals surface area contributed by atoms with E-state index in [4.69, 9.17) is 9.47 Å². The van der Waals surface area contributed by atoms with Gasteiger partial charge in [0.15, 0.2) is 0 Å². The maximum atomic E-state index is 13.8. The fourth-order valence-electron chi connectivity index (χ4n) is 6.19. The number of aliphatic hydroxyl groups is 1. The molecule has 0 spiro atoms. The van der Waals surface area contributed by atoms with Gasteiger partial charge in [-0.2, -0.15) is 0 Å². The summed E-state index contributed by atoms with van der Waals surface area (Å²) in [6.07, 6.45) is 1.15. The van der Waals surface area contributed by atoms with Gasteiger partial charge in [-0.15, -0.1) is 0 Å². The molecule has 1 aliphatic rings. The Labute approximate surface area is 253 Å². The summed E-state index contributed by atoms with van der Waals surface area (Å²) in [5.41, 5.74) is 0.730. The van der Waals surface area contributed by atoms with Crippen LogP contribution in [0.4, 0.5) is 0 Å². The van der Waals surface area contributed by atoms with Gasteiger partial charge in [0, 0.05) is 34.2 Å². The predicted molar refractivity (Wildman–Crippen MR) is 165 cm³/mol. The molecule has 1 aliphatic heterocycles. The van der Waals surface area contributed by atoms with E-state index in [-0.39, 0.29) is 48.1 Å². The summed E-state index contributed by atoms with van der Waals surface area (Å²) < 4.78 is 11.8. The third-order valence-electron chi connectivity index (χ3n) is 8.87. The average molecular weight is 590 g/mol. The number of likely N-dealkylation sites (N-methyl/N-ethyl adjacent to an activating group) is 1. The molecule has 2 rings (SSSR count). The molecule has 42 heavy (non-hydrogen) atoms. The summed E-state index contributed by atoms with van der Waals surface area (Å²) in [5, 5.41) is 13.7. The van der Waals surface area contributed by atoms with Crippen LogP contribution in [-0.2, 0) is 23.9 Å². The van der Waals surface area contributed by atoms with Crippen LogP contribution in [0.2, 0.25) is 0 Å². The van der Waals surface area contributed by atoms with Crippen molar-refractivity contribution < 1.29 is 29.0 Å². The molecule has 1 heterocycles. The smallest absolute Gasteiger partial charge is 0.225 e. The van der Waals surface area contributed by atoms with Crippen LogP contribution in [0, 0.1) is 17.8 Å². The maximum absolute atomic E-state index is 13.8. The zero-order valence-electron chi connectivity index (χ0n) is 27.2. The van der Waals surface area contributed by atoms with Crippen LogP contribution in [0.3, 0.4) is 0 Å². The van der Waals surface area contributed by atoms with Gasteiger partial charge in [0.2, 0.25) is 17.7 Å². The molecule has 3 amide bonds. The number of nitrogens with one attached hydrogen (secondary N) is 1. The quantitative estimate of drug-likeness (QED) is 0.299.